The van der Waals surface area contributed by atoms with E-state index in [2.05, 4.69) is 6.92 Å². The zero-order valence-electron chi connectivity index (χ0n) is 16.1. The molecular weight excluding hydrogens is 352 g/mol. The molecule has 0 aromatic heterocycles. The Morgan fingerprint density at radius 3 is 1.96 bits per heavy atom. The minimum Gasteiger partial charge on any atom is -0.396 e. The molecule has 0 aliphatic carbocycles. The first-order valence-corrected chi connectivity index (χ1v) is 11.0. The van der Waals surface area contributed by atoms with Gasteiger partial charge in [-0.2, -0.15) is 8.42 Å². The summed E-state index contributed by atoms with van der Waals surface area (Å²) < 4.78 is 31.0. The number of aliphatic hydroxyl groups is 2. The van der Waals surface area contributed by atoms with Crippen LogP contribution in [0.15, 0.2) is 29.2 Å². The van der Waals surface area contributed by atoms with E-state index in [0.717, 1.165) is 24.8 Å². The molecule has 0 unspecified atom stereocenters. The first-order valence-electron chi connectivity index (χ1n) is 9.63. The molecule has 0 saturated heterocycles. The van der Waals surface area contributed by atoms with Gasteiger partial charge in [-0.25, -0.2) is 0 Å². The quantitative estimate of drug-likeness (QED) is 0.373. The predicted octanol–water partition coefficient (Wildman–Crippen LogP) is 3.95. The first kappa shape index (κ1) is 23.1. The molecule has 0 amide bonds. The van der Waals surface area contributed by atoms with Crippen molar-refractivity contribution in [1.82, 2.24) is 0 Å². The van der Waals surface area contributed by atoms with Crippen molar-refractivity contribution in [3.63, 3.8) is 0 Å². The van der Waals surface area contributed by atoms with Gasteiger partial charge in [0.1, 0.15) is 0 Å². The third-order valence-corrected chi connectivity index (χ3v) is 6.14. The summed E-state index contributed by atoms with van der Waals surface area (Å²) in [5.74, 6) is 0. The van der Waals surface area contributed by atoms with Crippen molar-refractivity contribution in [3.05, 3.63) is 29.8 Å². The highest BCUT2D eigenvalue weighted by Crippen LogP contribution is 2.32. The predicted molar refractivity (Wildman–Crippen MR) is 104 cm³/mol. The molecule has 150 valence electrons. The first-order chi connectivity index (χ1) is 12.4. The van der Waals surface area contributed by atoms with Gasteiger partial charge in [-0.15, -0.1) is 0 Å². The Balaban J connectivity index is 2.84. The summed E-state index contributed by atoms with van der Waals surface area (Å²) >= 11 is 0. The van der Waals surface area contributed by atoms with Gasteiger partial charge in [0.25, 0.3) is 10.1 Å². The van der Waals surface area contributed by atoms with Crippen LogP contribution in [0.4, 0.5) is 0 Å². The number of hydrogen-bond donors (Lipinski definition) is 2. The molecule has 1 rings (SSSR count). The van der Waals surface area contributed by atoms with Crippen molar-refractivity contribution in [1.29, 1.82) is 0 Å². The fourth-order valence-corrected chi connectivity index (χ4v) is 4.40. The normalized spacial score (nSPS) is 12.5. The Kier molecular flexibility index (Phi) is 10.4. The van der Waals surface area contributed by atoms with Crippen LogP contribution in [0, 0.1) is 6.92 Å². The molecule has 2 N–H and O–H groups in total. The molecule has 0 atom stereocenters. The summed E-state index contributed by atoms with van der Waals surface area (Å²) in [6.45, 7) is 3.69. The lowest BCUT2D eigenvalue weighted by Crippen LogP contribution is -2.37. The molecule has 1 aromatic carbocycles. The van der Waals surface area contributed by atoms with Crippen molar-refractivity contribution < 1.29 is 22.8 Å². The molecule has 26 heavy (non-hydrogen) atoms. The monoisotopic (exact) mass is 386 g/mol. The number of hydrogen-bond acceptors (Lipinski definition) is 5. The fraction of sp³-hybridized carbons (Fsp3) is 0.700. The lowest BCUT2D eigenvalue weighted by atomic mass is 9.89. The van der Waals surface area contributed by atoms with Crippen LogP contribution in [0.1, 0.15) is 70.3 Å². The molecule has 5 nitrogen and oxygen atoms in total. The van der Waals surface area contributed by atoms with E-state index in [1.54, 1.807) is 12.1 Å². The standard InChI is InChI=1S/C20H34O5S/c1-3-4-5-6-7-8-13-20(14-16-21,15-17-22)25-26(23,24)19-11-9-18(2)10-12-19/h9-12,21-22H,3-8,13-17H2,1-2H3. The minimum atomic E-state index is -3.95. The van der Waals surface area contributed by atoms with E-state index < -0.39 is 15.7 Å². The fourth-order valence-electron chi connectivity index (χ4n) is 3.12. The Morgan fingerprint density at radius 1 is 0.885 bits per heavy atom. The van der Waals surface area contributed by atoms with E-state index in [1.807, 2.05) is 6.92 Å². The molecule has 0 radical (unpaired) electrons. The number of unbranched alkanes of at least 4 members (excludes halogenated alkanes) is 5. The van der Waals surface area contributed by atoms with Gasteiger partial charge >= 0.3 is 0 Å². The van der Waals surface area contributed by atoms with Gasteiger partial charge in [0, 0.05) is 26.1 Å². The van der Waals surface area contributed by atoms with Gasteiger partial charge in [0.2, 0.25) is 0 Å². The number of rotatable bonds is 14. The lowest BCUT2D eigenvalue weighted by molar-refractivity contribution is 0.0149. The van der Waals surface area contributed by atoms with E-state index in [9.17, 15) is 18.6 Å². The van der Waals surface area contributed by atoms with Crippen LogP contribution >= 0.6 is 0 Å². The van der Waals surface area contributed by atoms with E-state index in [0.29, 0.717) is 6.42 Å². The average molecular weight is 387 g/mol. The summed E-state index contributed by atoms with van der Waals surface area (Å²) in [6, 6.07) is 6.50. The topological polar surface area (TPSA) is 83.8 Å². The van der Waals surface area contributed by atoms with Crippen LogP contribution in [0.3, 0.4) is 0 Å². The zero-order valence-corrected chi connectivity index (χ0v) is 16.9. The van der Waals surface area contributed by atoms with Gasteiger partial charge in [0.15, 0.2) is 0 Å². The summed E-state index contributed by atoms with van der Waals surface area (Å²) in [7, 11) is -3.95. The Labute approximate surface area is 158 Å². The van der Waals surface area contributed by atoms with E-state index in [1.165, 1.54) is 31.4 Å². The van der Waals surface area contributed by atoms with Gasteiger partial charge < -0.3 is 10.2 Å². The lowest BCUT2D eigenvalue weighted by Gasteiger charge is -2.32. The molecule has 0 aliphatic heterocycles. The van der Waals surface area contributed by atoms with Crippen molar-refractivity contribution in [2.75, 3.05) is 13.2 Å². The third kappa shape index (κ3) is 7.74. The molecule has 0 heterocycles. The Hall–Kier alpha value is -0.950. The van der Waals surface area contributed by atoms with Crippen LogP contribution in [-0.4, -0.2) is 37.4 Å². The second kappa shape index (κ2) is 11.7. The van der Waals surface area contributed by atoms with Gasteiger partial charge in [-0.05, 0) is 25.5 Å². The molecular formula is C20H34O5S. The maximum atomic E-state index is 12.7. The minimum absolute atomic E-state index is 0.103. The second-order valence-electron chi connectivity index (χ2n) is 7.00. The number of aliphatic hydroxyl groups excluding tert-OH is 2. The van der Waals surface area contributed by atoms with Gasteiger partial charge in [0.05, 0.1) is 10.5 Å². The highest BCUT2D eigenvalue weighted by atomic mass is 32.2. The van der Waals surface area contributed by atoms with Crippen LogP contribution in [-0.2, 0) is 14.3 Å². The van der Waals surface area contributed by atoms with Crippen LogP contribution < -0.4 is 0 Å². The van der Waals surface area contributed by atoms with Gasteiger partial charge in [-0.3, -0.25) is 4.18 Å². The highest BCUT2D eigenvalue weighted by Gasteiger charge is 2.36. The molecule has 0 fully saturated rings. The number of aryl methyl sites for hydroxylation is 1. The molecule has 0 aliphatic rings. The third-order valence-electron chi connectivity index (χ3n) is 4.72. The van der Waals surface area contributed by atoms with Crippen LogP contribution in [0.25, 0.3) is 0 Å². The molecule has 1 aromatic rings. The van der Waals surface area contributed by atoms with Crippen molar-refractivity contribution >= 4 is 10.1 Å². The largest absolute Gasteiger partial charge is 0.396 e. The van der Waals surface area contributed by atoms with Crippen molar-refractivity contribution in [2.24, 2.45) is 0 Å². The van der Waals surface area contributed by atoms with Crippen LogP contribution in [0.5, 0.6) is 0 Å². The number of benzene rings is 1. The summed E-state index contributed by atoms with van der Waals surface area (Å²) in [4.78, 5) is 0.103. The highest BCUT2D eigenvalue weighted by molar-refractivity contribution is 7.86. The Morgan fingerprint density at radius 2 is 1.42 bits per heavy atom. The molecule has 0 spiro atoms. The molecule has 0 bridgehead atoms. The van der Waals surface area contributed by atoms with Crippen molar-refractivity contribution in [2.45, 2.75) is 82.1 Å². The SMILES string of the molecule is CCCCCCCCC(CCO)(CCO)OS(=O)(=O)c1ccc(C)cc1. The maximum absolute atomic E-state index is 12.7. The van der Waals surface area contributed by atoms with E-state index >= 15 is 0 Å². The summed E-state index contributed by atoms with van der Waals surface area (Å²) in [5, 5.41) is 18.9. The molecule has 6 heteroatoms. The summed E-state index contributed by atoms with van der Waals surface area (Å²) in [5.41, 5.74) is -0.0918. The van der Waals surface area contributed by atoms with Crippen LogP contribution in [0.2, 0.25) is 0 Å². The second-order valence-corrected chi connectivity index (χ2v) is 8.54. The maximum Gasteiger partial charge on any atom is 0.297 e. The summed E-state index contributed by atoms with van der Waals surface area (Å²) in [6.07, 6.45) is 7.35. The van der Waals surface area contributed by atoms with E-state index in [-0.39, 0.29) is 31.0 Å². The average Bonchev–Trinajstić information content (AvgIpc) is 2.58. The van der Waals surface area contributed by atoms with Crippen molar-refractivity contribution in [3.8, 4) is 0 Å². The Bertz CT molecular complexity index is 589. The molecule has 0 saturated carbocycles. The smallest absolute Gasteiger partial charge is 0.297 e. The zero-order chi connectivity index (χ0) is 19.5. The van der Waals surface area contributed by atoms with E-state index in [4.69, 9.17) is 4.18 Å². The van der Waals surface area contributed by atoms with Gasteiger partial charge in [-0.1, -0.05) is 63.1 Å².